The summed E-state index contributed by atoms with van der Waals surface area (Å²) in [4.78, 5) is 29.9. The van der Waals surface area contributed by atoms with Crippen molar-refractivity contribution in [3.63, 3.8) is 0 Å². The zero-order valence-electron chi connectivity index (χ0n) is 12.1. The monoisotopic (exact) mass is 319 g/mol. The van der Waals surface area contributed by atoms with E-state index in [1.54, 1.807) is 6.26 Å². The van der Waals surface area contributed by atoms with Crippen LogP contribution in [0, 0.1) is 0 Å². The van der Waals surface area contributed by atoms with Crippen LogP contribution in [-0.4, -0.2) is 33.8 Å². The lowest BCUT2D eigenvalue weighted by Gasteiger charge is -2.13. The van der Waals surface area contributed by atoms with E-state index in [2.05, 4.69) is 15.3 Å². The van der Waals surface area contributed by atoms with Crippen LogP contribution < -0.4 is 10.9 Å². The van der Waals surface area contributed by atoms with E-state index in [0.29, 0.717) is 18.0 Å². The van der Waals surface area contributed by atoms with Crippen LogP contribution >= 0.6 is 11.8 Å². The minimum absolute atomic E-state index is 0.0293. The number of thioether (sulfide) groups is 1. The molecule has 1 aromatic heterocycles. The van der Waals surface area contributed by atoms with Crippen molar-refractivity contribution in [3.05, 3.63) is 58.1 Å². The van der Waals surface area contributed by atoms with Gasteiger partial charge in [0.1, 0.15) is 5.69 Å². The third-order valence-electron chi connectivity index (χ3n) is 3.14. The van der Waals surface area contributed by atoms with E-state index in [-0.39, 0.29) is 5.69 Å². The summed E-state index contributed by atoms with van der Waals surface area (Å²) in [6.45, 7) is 0.437. The Morgan fingerprint density at radius 3 is 2.73 bits per heavy atom. The first-order valence-corrected chi connectivity index (χ1v) is 7.97. The van der Waals surface area contributed by atoms with E-state index in [1.807, 2.05) is 30.3 Å². The van der Waals surface area contributed by atoms with Gasteiger partial charge in [0.2, 0.25) is 0 Å². The standard InChI is InChI=1S/C15H17N3O3S/c1-22-11-9-17-12(14(19)18-11)13(15(20)21)16-8-7-10-5-3-2-4-6-10/h2-6,9,13,16H,7-8H2,1H3,(H,18,19)(H,20,21). The lowest BCUT2D eigenvalue weighted by molar-refractivity contribution is -0.139. The zero-order chi connectivity index (χ0) is 15.9. The summed E-state index contributed by atoms with van der Waals surface area (Å²) in [5.74, 6) is -1.12. The van der Waals surface area contributed by atoms with Gasteiger partial charge in [-0.2, -0.15) is 0 Å². The summed E-state index contributed by atoms with van der Waals surface area (Å²) >= 11 is 1.34. The molecule has 116 valence electrons. The molecule has 0 bridgehead atoms. The highest BCUT2D eigenvalue weighted by atomic mass is 32.2. The maximum absolute atomic E-state index is 11.9. The molecule has 0 spiro atoms. The number of aliphatic carboxylic acids is 1. The molecule has 0 fully saturated rings. The topological polar surface area (TPSA) is 95.1 Å². The Morgan fingerprint density at radius 1 is 1.41 bits per heavy atom. The molecule has 0 amide bonds. The van der Waals surface area contributed by atoms with Crippen molar-refractivity contribution in [3.8, 4) is 0 Å². The highest BCUT2D eigenvalue weighted by Crippen LogP contribution is 2.10. The Hall–Kier alpha value is -2.12. The molecule has 1 atom stereocenters. The Balaban J connectivity index is 2.07. The van der Waals surface area contributed by atoms with Crippen LogP contribution in [0.3, 0.4) is 0 Å². The van der Waals surface area contributed by atoms with E-state index >= 15 is 0 Å². The van der Waals surface area contributed by atoms with Crippen LogP contribution in [0.1, 0.15) is 17.3 Å². The molecule has 22 heavy (non-hydrogen) atoms. The number of aromatic nitrogens is 2. The smallest absolute Gasteiger partial charge is 0.327 e. The molecule has 1 aromatic carbocycles. The lowest BCUT2D eigenvalue weighted by atomic mass is 10.1. The van der Waals surface area contributed by atoms with Crippen LogP contribution in [0.4, 0.5) is 0 Å². The maximum atomic E-state index is 11.9. The first-order chi connectivity index (χ1) is 10.6. The number of hydrogen-bond acceptors (Lipinski definition) is 5. The van der Waals surface area contributed by atoms with Gasteiger partial charge in [-0.25, -0.2) is 0 Å². The SMILES string of the molecule is CSc1cnc(C(NCCc2ccccc2)C(=O)O)c(=O)[nH]1. The van der Waals surface area contributed by atoms with Crippen molar-refractivity contribution in [1.82, 2.24) is 15.3 Å². The Morgan fingerprint density at radius 2 is 2.14 bits per heavy atom. The number of benzene rings is 1. The Kier molecular flexibility index (Phi) is 5.74. The fourth-order valence-corrected chi connectivity index (χ4v) is 2.36. The number of H-pyrrole nitrogens is 1. The third-order valence-corrected chi connectivity index (χ3v) is 3.78. The number of carboxylic acid groups (broad SMARTS) is 1. The number of aromatic amines is 1. The number of hydrogen-bond donors (Lipinski definition) is 3. The molecule has 6 nitrogen and oxygen atoms in total. The summed E-state index contributed by atoms with van der Waals surface area (Å²) in [5, 5.41) is 12.8. The minimum Gasteiger partial charge on any atom is -0.480 e. The predicted molar refractivity (Wildman–Crippen MR) is 85.2 cm³/mol. The van der Waals surface area contributed by atoms with Crippen LogP contribution in [0.5, 0.6) is 0 Å². The summed E-state index contributed by atoms with van der Waals surface area (Å²) in [6.07, 6.45) is 3.95. The van der Waals surface area contributed by atoms with E-state index in [9.17, 15) is 14.7 Å². The van der Waals surface area contributed by atoms with Crippen LogP contribution in [-0.2, 0) is 11.2 Å². The summed E-state index contributed by atoms with van der Waals surface area (Å²) in [6, 6.07) is 8.59. The molecule has 0 aliphatic rings. The van der Waals surface area contributed by atoms with Crippen molar-refractivity contribution in [2.45, 2.75) is 17.5 Å². The largest absolute Gasteiger partial charge is 0.480 e. The van der Waals surface area contributed by atoms with Gasteiger partial charge in [0, 0.05) is 6.54 Å². The third kappa shape index (κ3) is 4.19. The summed E-state index contributed by atoms with van der Waals surface area (Å²) in [7, 11) is 0. The number of carbonyl (C=O) groups is 1. The molecule has 3 N–H and O–H groups in total. The van der Waals surface area contributed by atoms with Crippen LogP contribution in [0.15, 0.2) is 46.3 Å². The number of nitrogens with zero attached hydrogens (tertiary/aromatic N) is 1. The summed E-state index contributed by atoms with van der Waals surface area (Å²) in [5.41, 5.74) is 0.587. The molecule has 0 saturated carbocycles. The van der Waals surface area contributed by atoms with E-state index in [4.69, 9.17) is 0 Å². The average molecular weight is 319 g/mol. The number of carboxylic acids is 1. The molecule has 0 saturated heterocycles. The molecule has 0 radical (unpaired) electrons. The van der Waals surface area contributed by atoms with Gasteiger partial charge in [-0.3, -0.25) is 19.9 Å². The molecular weight excluding hydrogens is 302 g/mol. The van der Waals surface area contributed by atoms with Gasteiger partial charge in [-0.1, -0.05) is 30.3 Å². The number of rotatable bonds is 7. The van der Waals surface area contributed by atoms with Gasteiger partial charge < -0.3 is 10.1 Å². The molecule has 2 aromatic rings. The highest BCUT2D eigenvalue weighted by Gasteiger charge is 2.23. The van der Waals surface area contributed by atoms with Gasteiger partial charge in [0.15, 0.2) is 6.04 Å². The number of nitrogens with one attached hydrogen (secondary N) is 2. The van der Waals surface area contributed by atoms with Gasteiger partial charge >= 0.3 is 5.97 Å². The average Bonchev–Trinajstić information content (AvgIpc) is 2.53. The van der Waals surface area contributed by atoms with E-state index < -0.39 is 17.6 Å². The van der Waals surface area contributed by atoms with E-state index in [0.717, 1.165) is 5.56 Å². The second-order valence-corrected chi connectivity index (χ2v) is 5.47. The molecule has 1 heterocycles. The van der Waals surface area contributed by atoms with Gasteiger partial charge in [0.25, 0.3) is 5.56 Å². The fourth-order valence-electron chi connectivity index (χ4n) is 2.01. The maximum Gasteiger partial charge on any atom is 0.327 e. The van der Waals surface area contributed by atoms with Crippen molar-refractivity contribution in [2.24, 2.45) is 0 Å². The van der Waals surface area contributed by atoms with Crippen molar-refractivity contribution >= 4 is 17.7 Å². The molecular formula is C15H17N3O3S. The Labute approximate surface area is 132 Å². The van der Waals surface area contributed by atoms with E-state index in [1.165, 1.54) is 18.0 Å². The minimum atomic E-state index is -1.12. The first-order valence-electron chi connectivity index (χ1n) is 6.75. The fraction of sp³-hybridized carbons (Fsp3) is 0.267. The normalized spacial score (nSPS) is 12.0. The lowest BCUT2D eigenvalue weighted by Crippen LogP contribution is -2.35. The van der Waals surface area contributed by atoms with Crippen molar-refractivity contribution in [1.29, 1.82) is 0 Å². The van der Waals surface area contributed by atoms with Crippen molar-refractivity contribution in [2.75, 3.05) is 12.8 Å². The van der Waals surface area contributed by atoms with Crippen LogP contribution in [0.2, 0.25) is 0 Å². The molecule has 7 heteroatoms. The Bertz CT molecular complexity index is 688. The molecule has 0 aliphatic carbocycles. The van der Waals surface area contributed by atoms with Gasteiger partial charge in [-0.05, 0) is 18.2 Å². The second-order valence-electron chi connectivity index (χ2n) is 4.63. The predicted octanol–water partition coefficient (Wildman–Crippen LogP) is 1.45. The van der Waals surface area contributed by atoms with Crippen molar-refractivity contribution < 1.29 is 9.90 Å². The summed E-state index contributed by atoms with van der Waals surface area (Å²) < 4.78 is 0. The highest BCUT2D eigenvalue weighted by molar-refractivity contribution is 7.98. The van der Waals surface area contributed by atoms with Crippen LogP contribution in [0.25, 0.3) is 0 Å². The zero-order valence-corrected chi connectivity index (χ0v) is 12.9. The van der Waals surface area contributed by atoms with Gasteiger partial charge in [-0.15, -0.1) is 11.8 Å². The second kappa shape index (κ2) is 7.77. The quantitative estimate of drug-likeness (QED) is 0.669. The molecule has 2 rings (SSSR count). The van der Waals surface area contributed by atoms with Gasteiger partial charge in [0.05, 0.1) is 11.2 Å². The first kappa shape index (κ1) is 16.3. The molecule has 0 aliphatic heterocycles. The molecule has 1 unspecified atom stereocenters.